The minimum atomic E-state index is 0.00986. The largest absolute Gasteiger partial charge is 0.507 e. The van der Waals surface area contributed by atoms with Crippen molar-refractivity contribution < 1.29 is 5.11 Å². The zero-order chi connectivity index (χ0) is 14.2. The van der Waals surface area contributed by atoms with E-state index in [0.29, 0.717) is 5.75 Å². The number of hydrogen-bond acceptors (Lipinski definition) is 1. The highest BCUT2D eigenvalue weighted by atomic mass is 16.3. The van der Waals surface area contributed by atoms with Gasteiger partial charge in [0.15, 0.2) is 0 Å². The predicted molar refractivity (Wildman–Crippen MR) is 79.5 cm³/mol. The van der Waals surface area contributed by atoms with Gasteiger partial charge in [0.25, 0.3) is 0 Å². The molecule has 0 amide bonds. The Kier molecular flexibility index (Phi) is 3.95. The van der Waals surface area contributed by atoms with Crippen LogP contribution in [0.15, 0.2) is 12.2 Å². The van der Waals surface area contributed by atoms with Crippen LogP contribution >= 0.6 is 0 Å². The average molecular weight is 246 g/mol. The summed E-state index contributed by atoms with van der Waals surface area (Å²) in [5.74, 6) is 0.447. The van der Waals surface area contributed by atoms with Gasteiger partial charge in [-0.05, 0) is 74.3 Å². The molecule has 0 bridgehead atoms. The Hall–Kier alpha value is -1.24. The molecule has 0 aliphatic carbocycles. The molecule has 0 fully saturated rings. The molecule has 0 saturated heterocycles. The monoisotopic (exact) mass is 246 g/mol. The molecular formula is C17H26O. The molecule has 0 atom stereocenters. The topological polar surface area (TPSA) is 20.2 Å². The van der Waals surface area contributed by atoms with Crippen molar-refractivity contribution in [2.75, 3.05) is 0 Å². The summed E-state index contributed by atoms with van der Waals surface area (Å²) in [6.07, 6.45) is 0.941. The lowest BCUT2D eigenvalue weighted by molar-refractivity contribution is 0.454. The van der Waals surface area contributed by atoms with Crippen molar-refractivity contribution in [3.05, 3.63) is 40.0 Å². The third kappa shape index (κ3) is 2.45. The summed E-state index contributed by atoms with van der Waals surface area (Å²) in [7, 11) is 0. The lowest BCUT2D eigenvalue weighted by Crippen LogP contribution is -2.21. The van der Waals surface area contributed by atoms with Crippen LogP contribution in [0, 0.1) is 27.7 Å². The number of rotatable bonds is 3. The molecule has 1 aromatic rings. The van der Waals surface area contributed by atoms with E-state index in [0.717, 1.165) is 17.5 Å². The number of hydrogen-bond donors (Lipinski definition) is 1. The van der Waals surface area contributed by atoms with Gasteiger partial charge in [-0.2, -0.15) is 0 Å². The van der Waals surface area contributed by atoms with Crippen molar-refractivity contribution in [3.63, 3.8) is 0 Å². The van der Waals surface area contributed by atoms with Gasteiger partial charge in [0.2, 0.25) is 0 Å². The van der Waals surface area contributed by atoms with Gasteiger partial charge in [-0.1, -0.05) is 19.4 Å². The first kappa shape index (κ1) is 14.8. The van der Waals surface area contributed by atoms with Crippen LogP contribution in [0.3, 0.4) is 0 Å². The van der Waals surface area contributed by atoms with Crippen LogP contribution < -0.4 is 0 Å². The smallest absolute Gasteiger partial charge is 0.121 e. The fourth-order valence-corrected chi connectivity index (χ4v) is 3.19. The van der Waals surface area contributed by atoms with Crippen molar-refractivity contribution in [2.45, 2.75) is 60.3 Å². The molecular weight excluding hydrogens is 220 g/mol. The van der Waals surface area contributed by atoms with Gasteiger partial charge in [-0.3, -0.25) is 0 Å². The first-order chi connectivity index (χ1) is 8.09. The van der Waals surface area contributed by atoms with E-state index in [1.54, 1.807) is 0 Å². The van der Waals surface area contributed by atoms with Gasteiger partial charge in [-0.25, -0.2) is 0 Å². The standard InChI is InChI=1S/C17H26O/c1-10(2)9-17(7,8)15-12(4)11(3)13(5)16(18)14(15)6/h18H,1,9H2,2-8H3. The van der Waals surface area contributed by atoms with Crippen molar-refractivity contribution >= 4 is 0 Å². The second-order valence-corrected chi connectivity index (χ2v) is 6.24. The quantitative estimate of drug-likeness (QED) is 0.754. The second kappa shape index (κ2) is 4.79. The highest BCUT2D eigenvalue weighted by Gasteiger charge is 2.27. The van der Waals surface area contributed by atoms with E-state index in [1.807, 2.05) is 13.8 Å². The molecule has 100 valence electrons. The molecule has 18 heavy (non-hydrogen) atoms. The first-order valence-corrected chi connectivity index (χ1v) is 6.53. The van der Waals surface area contributed by atoms with E-state index in [9.17, 15) is 5.11 Å². The Bertz CT molecular complexity index is 464. The highest BCUT2D eigenvalue weighted by molar-refractivity contribution is 5.55. The van der Waals surface area contributed by atoms with Crippen molar-refractivity contribution in [2.24, 2.45) is 0 Å². The van der Waals surface area contributed by atoms with Crippen LogP contribution in [0.4, 0.5) is 0 Å². The SMILES string of the molecule is C=C(C)CC(C)(C)c1c(C)c(C)c(C)c(O)c1C. The van der Waals surface area contributed by atoms with Gasteiger partial charge in [-0.15, -0.1) is 6.58 Å². The highest BCUT2D eigenvalue weighted by Crippen LogP contribution is 2.40. The summed E-state index contributed by atoms with van der Waals surface area (Å²) in [5, 5.41) is 10.3. The zero-order valence-electron chi connectivity index (χ0n) is 12.9. The van der Waals surface area contributed by atoms with Gasteiger partial charge in [0, 0.05) is 0 Å². The predicted octanol–water partition coefficient (Wildman–Crippen LogP) is 4.87. The van der Waals surface area contributed by atoms with Gasteiger partial charge >= 0.3 is 0 Å². The molecule has 1 N–H and O–H groups in total. The molecule has 1 heteroatoms. The lowest BCUT2D eigenvalue weighted by atomic mass is 9.73. The van der Waals surface area contributed by atoms with Gasteiger partial charge < -0.3 is 5.11 Å². The van der Waals surface area contributed by atoms with Crippen molar-refractivity contribution in [3.8, 4) is 5.75 Å². The maximum absolute atomic E-state index is 10.3. The normalized spacial score (nSPS) is 11.7. The van der Waals surface area contributed by atoms with Gasteiger partial charge in [0.05, 0.1) is 0 Å². The Balaban J connectivity index is 3.55. The average Bonchev–Trinajstić information content (AvgIpc) is 2.21. The Morgan fingerprint density at radius 2 is 1.50 bits per heavy atom. The molecule has 0 radical (unpaired) electrons. The summed E-state index contributed by atoms with van der Waals surface area (Å²) in [6.45, 7) is 18.8. The van der Waals surface area contributed by atoms with Crippen molar-refractivity contribution in [1.82, 2.24) is 0 Å². The van der Waals surface area contributed by atoms with Crippen LogP contribution in [-0.2, 0) is 5.41 Å². The van der Waals surface area contributed by atoms with E-state index >= 15 is 0 Å². The summed E-state index contributed by atoms with van der Waals surface area (Å²) >= 11 is 0. The van der Waals surface area contributed by atoms with E-state index in [-0.39, 0.29) is 5.41 Å². The number of benzene rings is 1. The zero-order valence-corrected chi connectivity index (χ0v) is 12.9. The summed E-state index contributed by atoms with van der Waals surface area (Å²) in [6, 6.07) is 0. The van der Waals surface area contributed by atoms with E-state index < -0.39 is 0 Å². The maximum atomic E-state index is 10.3. The molecule has 1 rings (SSSR count). The van der Waals surface area contributed by atoms with E-state index in [2.05, 4.69) is 41.2 Å². The third-order valence-corrected chi connectivity index (χ3v) is 4.01. The van der Waals surface area contributed by atoms with Crippen LogP contribution in [-0.4, -0.2) is 5.11 Å². The molecule has 0 heterocycles. The van der Waals surface area contributed by atoms with Crippen LogP contribution in [0.25, 0.3) is 0 Å². The Labute approximate surface area is 112 Å². The molecule has 0 saturated carbocycles. The van der Waals surface area contributed by atoms with Crippen molar-refractivity contribution in [1.29, 1.82) is 0 Å². The molecule has 0 unspecified atom stereocenters. The molecule has 0 aliphatic heterocycles. The lowest BCUT2D eigenvalue weighted by Gasteiger charge is -2.31. The minimum absolute atomic E-state index is 0.00986. The number of phenols is 1. The summed E-state index contributed by atoms with van der Waals surface area (Å²) in [5.41, 5.74) is 6.97. The second-order valence-electron chi connectivity index (χ2n) is 6.24. The molecule has 0 aromatic heterocycles. The van der Waals surface area contributed by atoms with Crippen LogP contribution in [0.5, 0.6) is 5.75 Å². The molecule has 1 aromatic carbocycles. The Morgan fingerprint density at radius 1 is 1.00 bits per heavy atom. The molecule has 1 nitrogen and oxygen atoms in total. The molecule has 0 spiro atoms. The Morgan fingerprint density at radius 3 is 1.94 bits per heavy atom. The molecule has 0 aliphatic rings. The van der Waals surface area contributed by atoms with E-state index in [4.69, 9.17) is 0 Å². The maximum Gasteiger partial charge on any atom is 0.121 e. The number of phenolic OH excluding ortho intramolecular Hbond substituents is 1. The summed E-state index contributed by atoms with van der Waals surface area (Å²) in [4.78, 5) is 0. The van der Waals surface area contributed by atoms with Crippen LogP contribution in [0.1, 0.15) is 55.0 Å². The fraction of sp³-hybridized carbons (Fsp3) is 0.529. The first-order valence-electron chi connectivity index (χ1n) is 6.53. The third-order valence-electron chi connectivity index (χ3n) is 4.01. The van der Waals surface area contributed by atoms with E-state index in [1.165, 1.54) is 22.3 Å². The number of allylic oxidation sites excluding steroid dienone is 1. The number of aromatic hydroxyl groups is 1. The fourth-order valence-electron chi connectivity index (χ4n) is 3.19. The minimum Gasteiger partial charge on any atom is -0.507 e. The van der Waals surface area contributed by atoms with Gasteiger partial charge in [0.1, 0.15) is 5.75 Å². The summed E-state index contributed by atoms with van der Waals surface area (Å²) < 4.78 is 0. The van der Waals surface area contributed by atoms with Crippen LogP contribution in [0.2, 0.25) is 0 Å².